The van der Waals surface area contributed by atoms with Crippen LogP contribution in [0.3, 0.4) is 0 Å². The zero-order chi connectivity index (χ0) is 26.3. The van der Waals surface area contributed by atoms with Crippen LogP contribution in [0.1, 0.15) is 47.0 Å². The SMILES string of the molecule is C=C1C(=O)O[C@@H]2/C=C(\C)[C@@H](O)C/C=C(\C)C[C@@H](OC(=O)/C(=C/COC(=O)C(O)C(C)CC)CO)[C@@H]12. The lowest BCUT2D eigenvalue weighted by atomic mass is 9.85. The standard InChI is InChI=1S/C26H36O9/c1-6-15(3)23(29)26(32)33-10-9-18(13-27)25(31)35-20-11-14(2)7-8-19(28)16(4)12-21-22(20)17(5)24(30)34-21/h7,9,12,15,19-23,27-29H,5-6,8,10-11,13H2,1-4H3/b14-7+,16-12+,18-9+/t15?,19-,20+,21+,22+,23?/m0/s1. The Hall–Kier alpha value is -2.75. The number of esters is 3. The van der Waals surface area contributed by atoms with Crippen LogP contribution in [0.25, 0.3) is 0 Å². The summed E-state index contributed by atoms with van der Waals surface area (Å²) in [5, 5.41) is 30.0. The molecule has 6 atom stereocenters. The Bertz CT molecular complexity index is 914. The molecule has 0 saturated carbocycles. The Morgan fingerprint density at radius 3 is 2.66 bits per heavy atom. The molecule has 9 nitrogen and oxygen atoms in total. The number of hydrogen-bond acceptors (Lipinski definition) is 9. The summed E-state index contributed by atoms with van der Waals surface area (Å²) in [6.07, 6.45) is 2.30. The lowest BCUT2D eigenvalue weighted by Crippen LogP contribution is -2.34. The molecule has 194 valence electrons. The first-order valence-corrected chi connectivity index (χ1v) is 11.8. The molecule has 0 aromatic heterocycles. The highest BCUT2D eigenvalue weighted by Crippen LogP contribution is 2.36. The van der Waals surface area contributed by atoms with E-state index in [1.807, 2.05) is 19.9 Å². The third kappa shape index (κ3) is 7.37. The number of carbonyl (C=O) groups is 3. The maximum absolute atomic E-state index is 12.9. The molecule has 3 N–H and O–H groups in total. The number of hydrogen-bond donors (Lipinski definition) is 3. The molecular weight excluding hydrogens is 456 g/mol. The monoisotopic (exact) mass is 492 g/mol. The van der Waals surface area contributed by atoms with Crippen LogP contribution in [0, 0.1) is 11.8 Å². The molecule has 1 aliphatic carbocycles. The Morgan fingerprint density at radius 1 is 1.34 bits per heavy atom. The molecule has 2 rings (SSSR count). The van der Waals surface area contributed by atoms with E-state index in [-0.39, 0.29) is 30.1 Å². The molecule has 1 aliphatic heterocycles. The molecule has 9 heteroatoms. The Kier molecular flexibility index (Phi) is 10.4. The molecule has 2 aliphatic rings. The van der Waals surface area contributed by atoms with Crippen molar-refractivity contribution >= 4 is 17.9 Å². The summed E-state index contributed by atoms with van der Waals surface area (Å²) in [6, 6.07) is 0. The van der Waals surface area contributed by atoms with Gasteiger partial charge in [0.15, 0.2) is 6.10 Å². The summed E-state index contributed by atoms with van der Waals surface area (Å²) >= 11 is 0. The number of aliphatic hydroxyl groups is 3. The van der Waals surface area contributed by atoms with Crippen molar-refractivity contribution in [2.45, 2.75) is 71.4 Å². The van der Waals surface area contributed by atoms with Gasteiger partial charge in [-0.25, -0.2) is 14.4 Å². The molecule has 1 heterocycles. The van der Waals surface area contributed by atoms with Gasteiger partial charge < -0.3 is 29.5 Å². The Labute approximate surface area is 205 Å². The third-order valence-electron chi connectivity index (χ3n) is 6.50. The van der Waals surface area contributed by atoms with Crippen LogP contribution in [-0.4, -0.2) is 70.9 Å². The van der Waals surface area contributed by atoms with Gasteiger partial charge in [0, 0.05) is 12.0 Å². The quantitative estimate of drug-likeness (QED) is 0.201. The second kappa shape index (κ2) is 12.8. The van der Waals surface area contributed by atoms with E-state index in [1.165, 1.54) is 6.08 Å². The van der Waals surface area contributed by atoms with Crippen LogP contribution in [0.2, 0.25) is 0 Å². The molecule has 35 heavy (non-hydrogen) atoms. The molecule has 0 spiro atoms. The van der Waals surface area contributed by atoms with Crippen molar-refractivity contribution < 1.29 is 43.9 Å². The van der Waals surface area contributed by atoms with Gasteiger partial charge >= 0.3 is 17.9 Å². The number of fused-ring (bicyclic) bond motifs is 1. The van der Waals surface area contributed by atoms with E-state index in [1.54, 1.807) is 19.9 Å². The zero-order valence-electron chi connectivity index (χ0n) is 20.7. The fourth-order valence-electron chi connectivity index (χ4n) is 3.88. The van der Waals surface area contributed by atoms with Gasteiger partial charge in [-0.2, -0.15) is 0 Å². The van der Waals surface area contributed by atoms with E-state index in [9.17, 15) is 29.7 Å². The Morgan fingerprint density at radius 2 is 2.03 bits per heavy atom. The highest BCUT2D eigenvalue weighted by Gasteiger charge is 2.44. The molecule has 0 aromatic rings. The van der Waals surface area contributed by atoms with Crippen molar-refractivity contribution in [3.8, 4) is 0 Å². The minimum atomic E-state index is -1.28. The predicted octanol–water partition coefficient (Wildman–Crippen LogP) is 1.91. The lowest BCUT2D eigenvalue weighted by Gasteiger charge is -2.28. The highest BCUT2D eigenvalue weighted by atomic mass is 16.6. The van der Waals surface area contributed by atoms with Gasteiger partial charge in [0.2, 0.25) is 0 Å². The van der Waals surface area contributed by atoms with Crippen LogP contribution < -0.4 is 0 Å². The van der Waals surface area contributed by atoms with Crippen molar-refractivity contribution in [2.24, 2.45) is 11.8 Å². The van der Waals surface area contributed by atoms with Crippen LogP contribution in [-0.2, 0) is 28.6 Å². The second-order valence-corrected chi connectivity index (χ2v) is 9.13. The maximum Gasteiger partial charge on any atom is 0.336 e. The number of carbonyl (C=O) groups excluding carboxylic acids is 3. The van der Waals surface area contributed by atoms with Crippen molar-refractivity contribution in [1.29, 1.82) is 0 Å². The lowest BCUT2D eigenvalue weighted by molar-refractivity contribution is -0.155. The number of aliphatic hydroxyl groups excluding tert-OH is 3. The zero-order valence-corrected chi connectivity index (χ0v) is 20.7. The first-order chi connectivity index (χ1) is 16.5. The average molecular weight is 493 g/mol. The summed E-state index contributed by atoms with van der Waals surface area (Å²) in [7, 11) is 0. The Balaban J connectivity index is 2.21. The smallest absolute Gasteiger partial charge is 0.336 e. The first-order valence-electron chi connectivity index (χ1n) is 11.8. The van der Waals surface area contributed by atoms with Gasteiger partial charge in [-0.1, -0.05) is 38.5 Å². The van der Waals surface area contributed by atoms with E-state index in [0.717, 1.165) is 5.57 Å². The van der Waals surface area contributed by atoms with E-state index in [0.29, 0.717) is 18.4 Å². The fraction of sp³-hybridized carbons (Fsp3) is 0.577. The normalized spacial score (nSPS) is 30.1. The van der Waals surface area contributed by atoms with E-state index < -0.39 is 54.8 Å². The highest BCUT2D eigenvalue weighted by molar-refractivity contribution is 5.92. The summed E-state index contributed by atoms with van der Waals surface area (Å²) in [6.45, 7) is 9.93. The van der Waals surface area contributed by atoms with Gasteiger partial charge in [0.1, 0.15) is 18.8 Å². The van der Waals surface area contributed by atoms with Crippen molar-refractivity contribution in [3.63, 3.8) is 0 Å². The van der Waals surface area contributed by atoms with Crippen molar-refractivity contribution in [3.05, 3.63) is 47.1 Å². The van der Waals surface area contributed by atoms with Crippen LogP contribution in [0.4, 0.5) is 0 Å². The largest absolute Gasteiger partial charge is 0.460 e. The van der Waals surface area contributed by atoms with Gasteiger partial charge in [0.25, 0.3) is 0 Å². The molecule has 2 unspecified atom stereocenters. The molecule has 1 saturated heterocycles. The molecule has 0 bridgehead atoms. The summed E-state index contributed by atoms with van der Waals surface area (Å²) in [5.74, 6) is -3.23. The van der Waals surface area contributed by atoms with Crippen LogP contribution in [0.5, 0.6) is 0 Å². The molecule has 0 radical (unpaired) electrons. The number of ether oxygens (including phenoxy) is 3. The van der Waals surface area contributed by atoms with Crippen LogP contribution >= 0.6 is 0 Å². The van der Waals surface area contributed by atoms with Gasteiger partial charge in [-0.15, -0.1) is 0 Å². The fourth-order valence-corrected chi connectivity index (χ4v) is 3.88. The van der Waals surface area contributed by atoms with E-state index in [2.05, 4.69) is 6.58 Å². The summed E-state index contributed by atoms with van der Waals surface area (Å²) < 4.78 is 16.1. The summed E-state index contributed by atoms with van der Waals surface area (Å²) in [4.78, 5) is 37.1. The number of rotatable bonds is 8. The molecule has 0 aromatic carbocycles. The topological polar surface area (TPSA) is 140 Å². The van der Waals surface area contributed by atoms with Crippen molar-refractivity contribution in [2.75, 3.05) is 13.2 Å². The predicted molar refractivity (Wildman–Crippen MR) is 127 cm³/mol. The summed E-state index contributed by atoms with van der Waals surface area (Å²) in [5.41, 5.74) is 1.48. The van der Waals surface area contributed by atoms with Gasteiger partial charge in [-0.3, -0.25) is 0 Å². The van der Waals surface area contributed by atoms with E-state index >= 15 is 0 Å². The van der Waals surface area contributed by atoms with Gasteiger partial charge in [-0.05, 0) is 43.9 Å². The first kappa shape index (κ1) is 28.5. The maximum atomic E-state index is 12.9. The third-order valence-corrected chi connectivity index (χ3v) is 6.50. The molecule has 0 amide bonds. The van der Waals surface area contributed by atoms with Crippen molar-refractivity contribution in [1.82, 2.24) is 0 Å². The minimum absolute atomic E-state index is 0.135. The molecule has 1 fully saturated rings. The van der Waals surface area contributed by atoms with Crippen LogP contribution in [0.15, 0.2) is 47.1 Å². The van der Waals surface area contributed by atoms with Gasteiger partial charge in [0.05, 0.1) is 24.2 Å². The molecular formula is C26H36O9. The average Bonchev–Trinajstić information content (AvgIpc) is 3.10. The minimum Gasteiger partial charge on any atom is -0.460 e. The second-order valence-electron chi connectivity index (χ2n) is 9.13. The van der Waals surface area contributed by atoms with E-state index in [4.69, 9.17) is 14.2 Å².